The maximum Gasteiger partial charge on any atom is 0.308 e. The second kappa shape index (κ2) is 13.7. The minimum atomic E-state index is -0.814. The van der Waals surface area contributed by atoms with E-state index in [2.05, 4.69) is 65.9 Å². The van der Waals surface area contributed by atoms with Gasteiger partial charge in [-0.05, 0) is 54.5 Å². The van der Waals surface area contributed by atoms with Gasteiger partial charge in [-0.25, -0.2) is 0 Å². The van der Waals surface area contributed by atoms with Gasteiger partial charge in [-0.1, -0.05) is 58.7 Å². The minimum Gasteiger partial charge on any atom is -0.481 e. The Morgan fingerprint density at radius 3 is 2.47 bits per heavy atom. The zero-order valence-corrected chi connectivity index (χ0v) is 27.3. The van der Waals surface area contributed by atoms with Gasteiger partial charge in [-0.15, -0.1) is 0 Å². The molecule has 1 amide bonds. The number of hydrogen-bond acceptors (Lipinski definition) is 5. The van der Waals surface area contributed by atoms with Crippen LogP contribution < -0.4 is 14.4 Å². The Morgan fingerprint density at radius 2 is 1.79 bits per heavy atom. The van der Waals surface area contributed by atoms with E-state index >= 15 is 0 Å². The lowest BCUT2D eigenvalue weighted by atomic mass is 9.76. The molecule has 0 spiro atoms. The van der Waals surface area contributed by atoms with Crippen molar-refractivity contribution in [3.8, 4) is 11.5 Å². The molecule has 0 saturated carbocycles. The van der Waals surface area contributed by atoms with Gasteiger partial charge in [-0.2, -0.15) is 0 Å². The summed E-state index contributed by atoms with van der Waals surface area (Å²) in [5, 5.41) is 10.6. The Bertz CT molecular complexity index is 1270. The van der Waals surface area contributed by atoms with Crippen LogP contribution >= 0.6 is 0 Å². The first-order chi connectivity index (χ1) is 20.3. The van der Waals surface area contributed by atoms with Gasteiger partial charge in [0, 0.05) is 36.3 Å². The normalized spacial score (nSPS) is 20.4. The molecular weight excluding hydrogens is 542 g/mol. The number of benzene rings is 2. The van der Waals surface area contributed by atoms with Crippen molar-refractivity contribution < 1.29 is 28.7 Å². The molecule has 4 rings (SSSR count). The third kappa shape index (κ3) is 8.30. The van der Waals surface area contributed by atoms with Crippen LogP contribution in [0.3, 0.4) is 0 Å². The summed E-state index contributed by atoms with van der Waals surface area (Å²) < 4.78 is 11.9. The van der Waals surface area contributed by atoms with E-state index < -0.39 is 11.9 Å². The molecule has 0 aromatic heterocycles. The monoisotopic (exact) mass is 594 g/mol. The number of nitrogens with zero attached hydrogens (tertiary/aromatic N) is 3. The predicted molar refractivity (Wildman–Crippen MR) is 171 cm³/mol. The number of hydrogen-bond donors (Lipinski definition) is 1. The van der Waals surface area contributed by atoms with E-state index in [4.69, 9.17) is 9.47 Å². The molecule has 1 saturated heterocycles. The van der Waals surface area contributed by atoms with Crippen LogP contribution in [-0.4, -0.2) is 80.0 Å². The number of carboxylic acids is 1. The number of unbranched alkanes of at least 4 members (excludes halogenated alkanes) is 1. The van der Waals surface area contributed by atoms with E-state index in [-0.39, 0.29) is 36.6 Å². The van der Waals surface area contributed by atoms with Gasteiger partial charge in [0.05, 0.1) is 33.6 Å². The first-order valence-electron chi connectivity index (χ1n) is 15.9. The van der Waals surface area contributed by atoms with Gasteiger partial charge >= 0.3 is 5.97 Å². The quantitative estimate of drug-likeness (QED) is 0.265. The smallest absolute Gasteiger partial charge is 0.308 e. The van der Waals surface area contributed by atoms with Crippen molar-refractivity contribution in [2.75, 3.05) is 52.5 Å². The molecule has 2 aromatic carbocycles. The summed E-state index contributed by atoms with van der Waals surface area (Å²) in [6.07, 6.45) is 4.60. The lowest BCUT2D eigenvalue weighted by Crippen LogP contribution is -2.46. The van der Waals surface area contributed by atoms with E-state index in [0.29, 0.717) is 31.0 Å². The molecule has 1 fully saturated rings. The van der Waals surface area contributed by atoms with Crippen LogP contribution in [0.5, 0.6) is 11.5 Å². The summed E-state index contributed by atoms with van der Waals surface area (Å²) >= 11 is 0. The Labute approximate surface area is 258 Å². The molecule has 0 radical (unpaired) electrons. The van der Waals surface area contributed by atoms with Gasteiger partial charge in [0.2, 0.25) is 12.7 Å². The molecule has 8 nitrogen and oxygen atoms in total. The van der Waals surface area contributed by atoms with Crippen LogP contribution in [0.1, 0.15) is 76.8 Å². The molecule has 2 aromatic rings. The fourth-order valence-electron chi connectivity index (χ4n) is 6.92. The lowest BCUT2D eigenvalue weighted by Gasteiger charge is -2.35. The Balaban J connectivity index is 1.66. The molecular formula is C35H52N3O5+. The zero-order chi connectivity index (χ0) is 31.4. The van der Waals surface area contributed by atoms with Crippen molar-refractivity contribution in [2.24, 2.45) is 11.3 Å². The van der Waals surface area contributed by atoms with Crippen LogP contribution in [0.2, 0.25) is 0 Å². The summed E-state index contributed by atoms with van der Waals surface area (Å²) in [5.74, 6) is -0.366. The maximum absolute atomic E-state index is 14.2. The van der Waals surface area contributed by atoms with Crippen molar-refractivity contribution in [2.45, 2.75) is 78.3 Å². The standard InChI is InChI=1S/C35H51N3O5/c1-8-10-17-37(27-13-11-12-25(18-27)23-38(5,6)7)32(39)22-36-21-28(26-14-15-30-31(19-26)43-24-42-30)33(34(40)41)29(36)20-35(3,4)16-9-2/h11-15,18-19,28-29,33H,8-10,16-17,20-24H2,1-7H3/p+1. The number of likely N-dealkylation sites (tertiary alicyclic amines) is 1. The molecule has 1 N–H and O–H groups in total. The molecule has 2 heterocycles. The zero-order valence-electron chi connectivity index (χ0n) is 27.3. The summed E-state index contributed by atoms with van der Waals surface area (Å²) in [6, 6.07) is 13.8. The molecule has 0 aliphatic carbocycles. The number of rotatable bonds is 14. The second-order valence-corrected chi connectivity index (χ2v) is 14.2. The molecule has 43 heavy (non-hydrogen) atoms. The number of carboxylic acid groups (broad SMARTS) is 1. The van der Waals surface area contributed by atoms with E-state index in [0.717, 1.165) is 48.0 Å². The number of fused-ring (bicyclic) bond motifs is 1. The SMILES string of the molecule is CCCCN(C(=O)CN1CC(c2ccc3c(c2)OCO3)C(C(=O)O)C1CC(C)(C)CCC)c1cccc(C[N+](C)(C)C)c1. The largest absolute Gasteiger partial charge is 0.481 e. The van der Waals surface area contributed by atoms with Crippen molar-refractivity contribution in [3.63, 3.8) is 0 Å². The highest BCUT2D eigenvalue weighted by atomic mass is 16.7. The van der Waals surface area contributed by atoms with Crippen LogP contribution in [0, 0.1) is 11.3 Å². The topological polar surface area (TPSA) is 79.3 Å². The van der Waals surface area contributed by atoms with Gasteiger partial charge in [0.1, 0.15) is 6.54 Å². The summed E-state index contributed by atoms with van der Waals surface area (Å²) in [4.78, 5) is 31.3. The Hall–Kier alpha value is -3.10. The second-order valence-electron chi connectivity index (χ2n) is 14.2. The van der Waals surface area contributed by atoms with Crippen LogP contribution in [0.15, 0.2) is 42.5 Å². The molecule has 8 heteroatoms. The number of aliphatic carboxylic acids is 1. The average Bonchev–Trinajstić information content (AvgIpc) is 3.52. The number of quaternary nitrogens is 1. The number of anilines is 1. The van der Waals surface area contributed by atoms with Crippen LogP contribution in [0.25, 0.3) is 0 Å². The molecule has 3 unspecified atom stereocenters. The molecule has 3 atom stereocenters. The molecule has 236 valence electrons. The highest BCUT2D eigenvalue weighted by molar-refractivity contribution is 5.95. The lowest BCUT2D eigenvalue weighted by molar-refractivity contribution is -0.884. The van der Waals surface area contributed by atoms with Crippen molar-refractivity contribution >= 4 is 17.6 Å². The van der Waals surface area contributed by atoms with E-state index in [1.807, 2.05) is 35.2 Å². The molecule has 2 aliphatic heterocycles. The van der Waals surface area contributed by atoms with E-state index in [9.17, 15) is 14.7 Å². The summed E-state index contributed by atoms with van der Waals surface area (Å²) in [7, 11) is 6.49. The maximum atomic E-state index is 14.2. The Morgan fingerprint density at radius 1 is 1.05 bits per heavy atom. The van der Waals surface area contributed by atoms with Gasteiger partial charge in [0.15, 0.2) is 11.5 Å². The van der Waals surface area contributed by atoms with Gasteiger partial charge in [0.25, 0.3) is 0 Å². The summed E-state index contributed by atoms with van der Waals surface area (Å²) in [5.41, 5.74) is 2.96. The predicted octanol–water partition coefficient (Wildman–Crippen LogP) is 6.14. The van der Waals surface area contributed by atoms with Gasteiger partial charge < -0.3 is 24.0 Å². The number of carbonyl (C=O) groups excluding carboxylic acids is 1. The Kier molecular flexibility index (Phi) is 10.4. The van der Waals surface area contributed by atoms with Crippen molar-refractivity contribution in [3.05, 3.63) is 53.6 Å². The van der Waals surface area contributed by atoms with E-state index in [1.165, 1.54) is 5.56 Å². The van der Waals surface area contributed by atoms with E-state index in [1.54, 1.807) is 0 Å². The van der Waals surface area contributed by atoms with Crippen molar-refractivity contribution in [1.82, 2.24) is 4.90 Å². The summed E-state index contributed by atoms with van der Waals surface area (Å²) in [6.45, 7) is 11.1. The number of amides is 1. The number of ether oxygens (including phenoxy) is 2. The first kappa shape index (κ1) is 32.8. The third-order valence-corrected chi connectivity index (χ3v) is 8.80. The highest BCUT2D eigenvalue weighted by Crippen LogP contribution is 2.45. The third-order valence-electron chi connectivity index (χ3n) is 8.80. The van der Waals surface area contributed by atoms with Gasteiger partial charge in [-0.3, -0.25) is 14.5 Å². The fourth-order valence-corrected chi connectivity index (χ4v) is 6.92. The first-order valence-corrected chi connectivity index (χ1v) is 15.9. The molecule has 2 aliphatic rings. The number of carbonyl (C=O) groups is 2. The average molecular weight is 595 g/mol. The highest BCUT2D eigenvalue weighted by Gasteiger charge is 2.49. The molecule has 0 bridgehead atoms. The van der Waals surface area contributed by atoms with Crippen molar-refractivity contribution in [1.29, 1.82) is 0 Å². The fraction of sp³-hybridized carbons (Fsp3) is 0.600. The van der Waals surface area contributed by atoms with Crippen LogP contribution in [-0.2, 0) is 16.1 Å². The van der Waals surface area contributed by atoms with Crippen LogP contribution in [0.4, 0.5) is 5.69 Å². The minimum absolute atomic E-state index is 0.0182.